The smallest absolute Gasteiger partial charge is 0.378 e. The average Bonchev–Trinajstić information content (AvgIpc) is 3.28. The van der Waals surface area contributed by atoms with Crippen molar-refractivity contribution in [2.24, 2.45) is 5.92 Å². The minimum Gasteiger partial charge on any atom is -0.378 e. The maximum atomic E-state index is 14.8. The van der Waals surface area contributed by atoms with E-state index in [4.69, 9.17) is 9.72 Å². The van der Waals surface area contributed by atoms with Crippen LogP contribution in [0.2, 0.25) is 0 Å². The van der Waals surface area contributed by atoms with Crippen molar-refractivity contribution >= 4 is 17.5 Å². The summed E-state index contributed by atoms with van der Waals surface area (Å²) in [7, 11) is 0. The number of hydrogen-bond acceptors (Lipinski definition) is 4. The molecule has 6 nitrogen and oxygen atoms in total. The summed E-state index contributed by atoms with van der Waals surface area (Å²) in [5.74, 6) is -0.407. The molecule has 0 spiro atoms. The number of aromatic nitrogens is 1. The Bertz CT molecular complexity index is 1070. The number of aryl methyl sites for hydroxylation is 2. The van der Waals surface area contributed by atoms with Gasteiger partial charge >= 0.3 is 12.2 Å². The van der Waals surface area contributed by atoms with E-state index in [1.165, 1.54) is 11.0 Å². The first kappa shape index (κ1) is 25.2. The molecule has 2 amide bonds. The van der Waals surface area contributed by atoms with Gasteiger partial charge in [0, 0.05) is 38.3 Å². The lowest BCUT2D eigenvalue weighted by Crippen LogP contribution is -2.36. The molecule has 1 atom stereocenters. The number of anilines is 2. The van der Waals surface area contributed by atoms with E-state index < -0.39 is 30.4 Å². The van der Waals surface area contributed by atoms with Gasteiger partial charge in [0.2, 0.25) is 0 Å². The van der Waals surface area contributed by atoms with E-state index in [1.54, 1.807) is 13.0 Å². The number of benzene rings is 1. The summed E-state index contributed by atoms with van der Waals surface area (Å²) < 4.78 is 58.3. The number of pyridine rings is 1. The van der Waals surface area contributed by atoms with Crippen LogP contribution >= 0.6 is 0 Å². The fourth-order valence-corrected chi connectivity index (χ4v) is 4.65. The van der Waals surface area contributed by atoms with E-state index in [9.17, 15) is 22.4 Å². The summed E-state index contributed by atoms with van der Waals surface area (Å²) in [4.78, 5) is 20.9. The van der Waals surface area contributed by atoms with Gasteiger partial charge in [0.25, 0.3) is 0 Å². The Labute approximate surface area is 202 Å². The molecule has 1 unspecified atom stereocenters. The molecular formula is C25H30F4N4O2. The van der Waals surface area contributed by atoms with Gasteiger partial charge in [0.05, 0.1) is 18.9 Å². The summed E-state index contributed by atoms with van der Waals surface area (Å²) in [6.07, 6.45) is -4.19. The highest BCUT2D eigenvalue weighted by molar-refractivity contribution is 5.91. The average molecular weight is 495 g/mol. The molecule has 1 aromatic heterocycles. The van der Waals surface area contributed by atoms with Crippen molar-refractivity contribution in [3.63, 3.8) is 0 Å². The molecule has 2 saturated heterocycles. The van der Waals surface area contributed by atoms with Crippen LogP contribution in [0.3, 0.4) is 0 Å². The number of nitrogens with one attached hydrogen (secondary N) is 1. The number of morpholine rings is 1. The van der Waals surface area contributed by atoms with Crippen molar-refractivity contribution in [3.8, 4) is 11.1 Å². The molecule has 4 rings (SSSR count). The molecule has 0 saturated carbocycles. The number of rotatable bonds is 5. The number of nitrogens with zero attached hydrogens (tertiary/aromatic N) is 3. The lowest BCUT2D eigenvalue weighted by atomic mass is 9.99. The number of urea groups is 1. The van der Waals surface area contributed by atoms with Crippen molar-refractivity contribution in [2.45, 2.75) is 39.3 Å². The zero-order valence-corrected chi connectivity index (χ0v) is 19.9. The molecule has 0 bridgehead atoms. The summed E-state index contributed by atoms with van der Waals surface area (Å²) in [6, 6.07) is 6.27. The zero-order valence-electron chi connectivity index (χ0n) is 19.9. The first-order valence-electron chi connectivity index (χ1n) is 11.9. The number of amides is 2. The fraction of sp³-hybridized carbons (Fsp3) is 0.520. The first-order chi connectivity index (χ1) is 16.6. The van der Waals surface area contributed by atoms with Gasteiger partial charge in [-0.3, -0.25) is 0 Å². The fourth-order valence-electron chi connectivity index (χ4n) is 4.65. The van der Waals surface area contributed by atoms with Gasteiger partial charge in [-0.05, 0) is 66.6 Å². The van der Waals surface area contributed by atoms with Crippen molar-refractivity contribution in [1.29, 1.82) is 0 Å². The van der Waals surface area contributed by atoms with Crippen LogP contribution in [0.25, 0.3) is 11.1 Å². The Morgan fingerprint density at radius 3 is 2.60 bits per heavy atom. The topological polar surface area (TPSA) is 57.7 Å². The largest absolute Gasteiger partial charge is 0.389 e. The highest BCUT2D eigenvalue weighted by Crippen LogP contribution is 2.33. The zero-order chi connectivity index (χ0) is 25.2. The molecule has 1 aromatic carbocycles. The molecule has 2 fully saturated rings. The normalized spacial score (nSPS) is 18.7. The quantitative estimate of drug-likeness (QED) is 0.566. The minimum atomic E-state index is -4.27. The van der Waals surface area contributed by atoms with Crippen molar-refractivity contribution in [3.05, 3.63) is 41.3 Å². The van der Waals surface area contributed by atoms with Gasteiger partial charge in [-0.15, -0.1) is 0 Å². The van der Waals surface area contributed by atoms with Crippen molar-refractivity contribution in [2.75, 3.05) is 49.6 Å². The molecule has 35 heavy (non-hydrogen) atoms. The van der Waals surface area contributed by atoms with Gasteiger partial charge in [-0.2, -0.15) is 13.2 Å². The molecule has 2 aliphatic rings. The highest BCUT2D eigenvalue weighted by atomic mass is 19.4. The van der Waals surface area contributed by atoms with E-state index >= 15 is 0 Å². The molecule has 0 aliphatic carbocycles. The number of ether oxygens (including phenoxy) is 1. The third-order valence-electron chi connectivity index (χ3n) is 6.52. The van der Waals surface area contributed by atoms with Gasteiger partial charge in [0.15, 0.2) is 0 Å². The minimum absolute atomic E-state index is 0.00119. The summed E-state index contributed by atoms with van der Waals surface area (Å²) in [5, 5.41) is 2.57. The van der Waals surface area contributed by atoms with Crippen LogP contribution in [-0.4, -0.2) is 61.5 Å². The van der Waals surface area contributed by atoms with E-state index in [0.29, 0.717) is 18.8 Å². The van der Waals surface area contributed by atoms with Crippen LogP contribution in [-0.2, 0) is 11.2 Å². The van der Waals surface area contributed by atoms with Gasteiger partial charge in [-0.25, -0.2) is 14.2 Å². The van der Waals surface area contributed by atoms with Crippen molar-refractivity contribution < 1.29 is 27.1 Å². The number of carbonyl (C=O) groups excluding carboxylic acids is 1. The molecule has 190 valence electrons. The predicted molar refractivity (Wildman–Crippen MR) is 126 cm³/mol. The van der Waals surface area contributed by atoms with Crippen LogP contribution in [0.4, 0.5) is 33.9 Å². The molecule has 2 aliphatic heterocycles. The summed E-state index contributed by atoms with van der Waals surface area (Å²) in [5.41, 5.74) is 3.21. The lowest BCUT2D eigenvalue weighted by molar-refractivity contribution is -0.143. The van der Waals surface area contributed by atoms with Crippen LogP contribution in [0, 0.1) is 18.7 Å². The Morgan fingerprint density at radius 1 is 1.17 bits per heavy atom. The molecule has 10 heteroatoms. The highest BCUT2D eigenvalue weighted by Gasteiger charge is 2.36. The molecule has 1 N–H and O–H groups in total. The molecule has 2 aromatic rings. The summed E-state index contributed by atoms with van der Waals surface area (Å²) >= 11 is 0. The van der Waals surface area contributed by atoms with Crippen molar-refractivity contribution in [1.82, 2.24) is 9.88 Å². The second-order valence-electron chi connectivity index (χ2n) is 9.16. The lowest BCUT2D eigenvalue weighted by Gasteiger charge is -2.28. The SMILES string of the molecule is CCc1cc(-c2cc(NC(=O)N3CCC(CC(F)(F)F)C3)c(F)cc2C)cc(N2CCOCC2)n1. The summed E-state index contributed by atoms with van der Waals surface area (Å²) in [6.45, 7) is 6.73. The third-order valence-corrected chi connectivity index (χ3v) is 6.52. The number of halogens is 4. The Hall–Kier alpha value is -2.88. The maximum absolute atomic E-state index is 14.8. The number of alkyl halides is 3. The number of hydrogen-bond donors (Lipinski definition) is 1. The van der Waals surface area contributed by atoms with E-state index in [2.05, 4.69) is 10.2 Å². The molecule has 0 radical (unpaired) electrons. The number of likely N-dealkylation sites (tertiary alicyclic amines) is 1. The number of carbonyl (C=O) groups is 1. The molecular weight excluding hydrogens is 464 g/mol. The van der Waals surface area contributed by atoms with Crippen LogP contribution in [0.5, 0.6) is 0 Å². The second kappa shape index (κ2) is 10.4. The van der Waals surface area contributed by atoms with Gasteiger partial charge in [-0.1, -0.05) is 6.92 Å². The van der Waals surface area contributed by atoms with E-state index in [-0.39, 0.29) is 25.2 Å². The van der Waals surface area contributed by atoms with Crippen LogP contribution in [0.1, 0.15) is 31.0 Å². The Morgan fingerprint density at radius 2 is 1.91 bits per heavy atom. The predicted octanol–water partition coefficient (Wildman–Crippen LogP) is 5.40. The maximum Gasteiger partial charge on any atom is 0.389 e. The molecule has 3 heterocycles. The van der Waals surface area contributed by atoms with Gasteiger partial charge < -0.3 is 19.9 Å². The van der Waals surface area contributed by atoms with Crippen LogP contribution < -0.4 is 10.2 Å². The third kappa shape index (κ3) is 6.22. The Balaban J connectivity index is 1.56. The van der Waals surface area contributed by atoms with Crippen LogP contribution in [0.15, 0.2) is 24.3 Å². The van der Waals surface area contributed by atoms with E-state index in [1.807, 2.05) is 19.1 Å². The monoisotopic (exact) mass is 494 g/mol. The Kier molecular flexibility index (Phi) is 7.49. The second-order valence-corrected chi connectivity index (χ2v) is 9.16. The van der Waals surface area contributed by atoms with E-state index in [0.717, 1.165) is 42.1 Å². The van der Waals surface area contributed by atoms with Gasteiger partial charge in [0.1, 0.15) is 11.6 Å². The standard InChI is InChI=1S/C25H30F4N4O2/c1-3-19-11-18(12-23(30-19)32-6-8-35-9-7-32)20-13-22(21(26)10-16(20)2)31-24(34)33-5-4-17(15-33)14-25(27,28)29/h10-13,17H,3-9,14-15H2,1-2H3,(H,31,34). The first-order valence-corrected chi connectivity index (χ1v) is 11.9.